The maximum atomic E-state index is 12.5. The summed E-state index contributed by atoms with van der Waals surface area (Å²) in [4.78, 5) is 15.9. The van der Waals surface area contributed by atoms with Crippen molar-refractivity contribution in [3.05, 3.63) is 62.1 Å². The molecule has 1 aromatic heterocycles. The molecule has 1 fully saturated rings. The number of piperazine rings is 1. The summed E-state index contributed by atoms with van der Waals surface area (Å²) >= 11 is 7.29. The lowest BCUT2D eigenvalue weighted by Gasteiger charge is -2.33. The fourth-order valence-corrected chi connectivity index (χ4v) is 4.81. The largest absolute Gasteiger partial charge is 0.335 e. The number of benzene rings is 1. The molecule has 3 rings (SSSR count). The number of thiophene rings is 1. The number of amides is 1. The zero-order valence-corrected chi connectivity index (χ0v) is 16.6. The third kappa shape index (κ3) is 4.54. The first kappa shape index (κ1) is 19.1. The molecule has 0 saturated carbocycles. The predicted molar refractivity (Wildman–Crippen MR) is 106 cm³/mol. The zero-order chi connectivity index (χ0) is 18.7. The SMILES string of the molecule is Cc1ccc(C(=O)N2CCN(S(=O)(=O)/C=C/c3ccc(Cl)cc3)CC2)s1. The van der Waals surface area contributed by atoms with E-state index in [9.17, 15) is 13.2 Å². The Labute approximate surface area is 162 Å². The number of rotatable bonds is 4. The van der Waals surface area contributed by atoms with Gasteiger partial charge in [-0.2, -0.15) is 4.31 Å². The van der Waals surface area contributed by atoms with Crippen molar-refractivity contribution in [1.29, 1.82) is 0 Å². The summed E-state index contributed by atoms with van der Waals surface area (Å²) in [6.07, 6.45) is 1.55. The Bertz CT molecular complexity index is 912. The van der Waals surface area contributed by atoms with Crippen LogP contribution in [0.3, 0.4) is 0 Å². The van der Waals surface area contributed by atoms with Crippen LogP contribution in [0.4, 0.5) is 0 Å². The van der Waals surface area contributed by atoms with Crippen LogP contribution >= 0.6 is 22.9 Å². The molecule has 0 radical (unpaired) electrons. The summed E-state index contributed by atoms with van der Waals surface area (Å²) in [5.74, 6) is -0.0307. The van der Waals surface area contributed by atoms with Crippen LogP contribution in [-0.2, 0) is 10.0 Å². The van der Waals surface area contributed by atoms with E-state index in [0.717, 1.165) is 10.4 Å². The summed E-state index contributed by atoms with van der Waals surface area (Å²) in [5.41, 5.74) is 0.764. The fraction of sp³-hybridized carbons (Fsp3) is 0.278. The van der Waals surface area contributed by atoms with E-state index in [1.807, 2.05) is 19.1 Å². The highest BCUT2D eigenvalue weighted by Gasteiger charge is 2.28. The Hall–Kier alpha value is -1.67. The van der Waals surface area contributed by atoms with Gasteiger partial charge in [-0.15, -0.1) is 11.3 Å². The molecule has 0 spiro atoms. The average Bonchev–Trinajstić information content (AvgIpc) is 3.07. The van der Waals surface area contributed by atoms with Crippen molar-refractivity contribution in [1.82, 2.24) is 9.21 Å². The molecule has 1 saturated heterocycles. The average molecular weight is 411 g/mol. The highest BCUT2D eigenvalue weighted by atomic mass is 35.5. The Balaban J connectivity index is 1.61. The molecule has 1 aliphatic rings. The number of carbonyl (C=O) groups excluding carboxylic acids is 1. The highest BCUT2D eigenvalue weighted by Crippen LogP contribution is 2.19. The second kappa shape index (κ2) is 7.92. The summed E-state index contributed by atoms with van der Waals surface area (Å²) in [5, 5.41) is 1.81. The number of hydrogen-bond donors (Lipinski definition) is 0. The van der Waals surface area contributed by atoms with Gasteiger partial charge in [-0.1, -0.05) is 23.7 Å². The number of aryl methyl sites for hydroxylation is 1. The number of hydrogen-bond acceptors (Lipinski definition) is 4. The third-order valence-electron chi connectivity index (χ3n) is 4.14. The number of halogens is 1. The predicted octanol–water partition coefficient (Wildman–Crippen LogP) is 3.47. The van der Waals surface area contributed by atoms with Crippen LogP contribution in [0.15, 0.2) is 41.8 Å². The van der Waals surface area contributed by atoms with Gasteiger partial charge in [0.1, 0.15) is 0 Å². The summed E-state index contributed by atoms with van der Waals surface area (Å²) in [6.45, 7) is 3.33. The normalized spacial score (nSPS) is 16.3. The van der Waals surface area contributed by atoms with E-state index in [1.54, 1.807) is 35.2 Å². The molecule has 1 aliphatic heterocycles. The molecule has 0 unspecified atom stereocenters. The van der Waals surface area contributed by atoms with Crippen molar-refractivity contribution >= 4 is 44.9 Å². The summed E-state index contributed by atoms with van der Waals surface area (Å²) in [6, 6.07) is 10.7. The highest BCUT2D eigenvalue weighted by molar-refractivity contribution is 7.92. The van der Waals surface area contributed by atoms with Crippen LogP contribution in [0.25, 0.3) is 6.08 Å². The van der Waals surface area contributed by atoms with Crippen molar-refractivity contribution in [2.24, 2.45) is 0 Å². The lowest BCUT2D eigenvalue weighted by molar-refractivity contribution is 0.0703. The molecular weight excluding hydrogens is 392 g/mol. The van der Waals surface area contributed by atoms with E-state index < -0.39 is 10.0 Å². The molecule has 5 nitrogen and oxygen atoms in total. The van der Waals surface area contributed by atoms with Crippen LogP contribution in [-0.4, -0.2) is 49.7 Å². The third-order valence-corrected chi connectivity index (χ3v) is 6.94. The van der Waals surface area contributed by atoms with Crippen LogP contribution in [0.5, 0.6) is 0 Å². The molecule has 2 aromatic rings. The second-order valence-corrected chi connectivity index (χ2v) is 9.54. The van der Waals surface area contributed by atoms with Crippen LogP contribution < -0.4 is 0 Å². The summed E-state index contributed by atoms with van der Waals surface area (Å²) in [7, 11) is -3.52. The van der Waals surface area contributed by atoms with Crippen molar-refractivity contribution in [2.45, 2.75) is 6.92 Å². The Morgan fingerprint density at radius 3 is 2.31 bits per heavy atom. The zero-order valence-electron chi connectivity index (χ0n) is 14.3. The van der Waals surface area contributed by atoms with Gasteiger partial charge in [0.25, 0.3) is 5.91 Å². The van der Waals surface area contributed by atoms with E-state index in [4.69, 9.17) is 11.6 Å². The monoisotopic (exact) mass is 410 g/mol. The Morgan fingerprint density at radius 2 is 1.73 bits per heavy atom. The maximum Gasteiger partial charge on any atom is 0.264 e. The minimum atomic E-state index is -3.52. The van der Waals surface area contributed by atoms with E-state index in [0.29, 0.717) is 36.1 Å². The molecule has 8 heteroatoms. The Morgan fingerprint density at radius 1 is 1.08 bits per heavy atom. The molecule has 138 valence electrons. The molecule has 2 heterocycles. The van der Waals surface area contributed by atoms with Crippen LogP contribution in [0, 0.1) is 6.92 Å². The lowest BCUT2D eigenvalue weighted by atomic mass is 10.2. The number of carbonyl (C=O) groups is 1. The van der Waals surface area contributed by atoms with E-state index in [-0.39, 0.29) is 5.91 Å². The van der Waals surface area contributed by atoms with Crippen LogP contribution in [0.1, 0.15) is 20.1 Å². The molecule has 26 heavy (non-hydrogen) atoms. The Kier molecular flexibility index (Phi) is 5.82. The quantitative estimate of drug-likeness (QED) is 0.775. The molecule has 0 N–H and O–H groups in total. The van der Waals surface area contributed by atoms with Gasteiger partial charge in [-0.05, 0) is 42.8 Å². The molecule has 1 amide bonds. The van der Waals surface area contributed by atoms with Gasteiger partial charge in [-0.25, -0.2) is 8.42 Å². The number of nitrogens with zero attached hydrogens (tertiary/aromatic N) is 2. The first-order chi connectivity index (χ1) is 12.3. The molecular formula is C18H19ClN2O3S2. The van der Waals surface area contributed by atoms with Gasteiger partial charge in [0.15, 0.2) is 0 Å². The van der Waals surface area contributed by atoms with Crippen molar-refractivity contribution in [2.75, 3.05) is 26.2 Å². The lowest BCUT2D eigenvalue weighted by Crippen LogP contribution is -2.49. The second-order valence-electron chi connectivity index (χ2n) is 6.00. The number of sulfonamides is 1. The molecule has 0 aliphatic carbocycles. The van der Waals surface area contributed by atoms with Gasteiger partial charge < -0.3 is 4.90 Å². The maximum absolute atomic E-state index is 12.5. The van der Waals surface area contributed by atoms with E-state index in [2.05, 4.69) is 0 Å². The molecule has 0 atom stereocenters. The van der Waals surface area contributed by atoms with E-state index >= 15 is 0 Å². The van der Waals surface area contributed by atoms with Gasteiger partial charge in [0.2, 0.25) is 10.0 Å². The topological polar surface area (TPSA) is 57.7 Å². The van der Waals surface area contributed by atoms with Gasteiger partial charge in [0, 0.05) is 41.5 Å². The minimum absolute atomic E-state index is 0.0307. The minimum Gasteiger partial charge on any atom is -0.335 e. The first-order valence-corrected chi connectivity index (χ1v) is 10.8. The van der Waals surface area contributed by atoms with Crippen LogP contribution in [0.2, 0.25) is 5.02 Å². The van der Waals surface area contributed by atoms with Crippen molar-refractivity contribution in [3.63, 3.8) is 0 Å². The summed E-state index contributed by atoms with van der Waals surface area (Å²) < 4.78 is 26.4. The standard InChI is InChI=1S/C18H19ClN2O3S2/c1-14-2-7-17(25-14)18(22)20-9-11-21(12-10-20)26(23,24)13-8-15-3-5-16(19)6-4-15/h2-8,13H,9-12H2,1H3/b13-8+. The smallest absolute Gasteiger partial charge is 0.264 e. The van der Waals surface area contributed by atoms with Gasteiger partial charge >= 0.3 is 0 Å². The fourth-order valence-electron chi connectivity index (χ4n) is 2.68. The van der Waals surface area contributed by atoms with Crippen molar-refractivity contribution < 1.29 is 13.2 Å². The van der Waals surface area contributed by atoms with Gasteiger partial charge in [0.05, 0.1) is 4.88 Å². The van der Waals surface area contributed by atoms with Gasteiger partial charge in [-0.3, -0.25) is 4.79 Å². The molecule has 1 aromatic carbocycles. The molecule has 0 bridgehead atoms. The first-order valence-electron chi connectivity index (χ1n) is 8.15. The van der Waals surface area contributed by atoms with E-state index in [1.165, 1.54) is 21.1 Å². The van der Waals surface area contributed by atoms with Crippen molar-refractivity contribution in [3.8, 4) is 0 Å².